The van der Waals surface area contributed by atoms with Crippen LogP contribution in [0.1, 0.15) is 19.0 Å². The second kappa shape index (κ2) is 4.86. The summed E-state index contributed by atoms with van der Waals surface area (Å²) >= 11 is 0. The van der Waals surface area contributed by atoms with Crippen LogP contribution in [0.4, 0.5) is 24.9 Å². The van der Waals surface area contributed by atoms with Crippen molar-refractivity contribution in [3.63, 3.8) is 0 Å². The first-order chi connectivity index (χ1) is 8.81. The molecule has 0 saturated heterocycles. The maximum atomic E-state index is 12.7. The van der Waals surface area contributed by atoms with Gasteiger partial charge < -0.3 is 10.2 Å². The van der Waals surface area contributed by atoms with E-state index in [1.54, 1.807) is 11.9 Å². The zero-order chi connectivity index (χ0) is 14.2. The van der Waals surface area contributed by atoms with Crippen LogP contribution in [0.15, 0.2) is 6.07 Å². The highest BCUT2D eigenvalue weighted by Crippen LogP contribution is 2.39. The average molecular weight is 274 g/mol. The topological polar surface area (TPSA) is 41.1 Å². The molecule has 0 spiro atoms. The van der Waals surface area contributed by atoms with Gasteiger partial charge in [0.15, 0.2) is 5.69 Å². The number of rotatable bonds is 4. The molecule has 0 aliphatic heterocycles. The smallest absolute Gasteiger partial charge is 0.359 e. The first-order valence-electron chi connectivity index (χ1n) is 6.16. The van der Waals surface area contributed by atoms with E-state index >= 15 is 0 Å². The number of nitrogens with one attached hydrogen (secondary N) is 1. The number of nitrogens with zero attached hydrogens (tertiary/aromatic N) is 3. The molecule has 0 bridgehead atoms. The Bertz CT molecular complexity index is 461. The highest BCUT2D eigenvalue weighted by molar-refractivity contribution is 5.45. The lowest BCUT2D eigenvalue weighted by Crippen LogP contribution is -2.23. The zero-order valence-electron chi connectivity index (χ0n) is 11.1. The lowest BCUT2D eigenvalue weighted by molar-refractivity contribution is -0.141. The molecule has 2 unspecified atom stereocenters. The van der Waals surface area contributed by atoms with Gasteiger partial charge in [-0.25, -0.2) is 4.98 Å². The molecular weight excluding hydrogens is 257 g/mol. The first-order valence-corrected chi connectivity index (χ1v) is 6.16. The fourth-order valence-corrected chi connectivity index (χ4v) is 1.99. The predicted octanol–water partition coefficient (Wildman–Crippen LogP) is 2.63. The van der Waals surface area contributed by atoms with Crippen LogP contribution in [0.3, 0.4) is 0 Å². The molecule has 7 heteroatoms. The molecule has 0 aromatic carbocycles. The summed E-state index contributed by atoms with van der Waals surface area (Å²) in [6.45, 7) is 2.86. The summed E-state index contributed by atoms with van der Waals surface area (Å²) < 4.78 is 38.2. The van der Waals surface area contributed by atoms with Gasteiger partial charge in [0, 0.05) is 26.7 Å². The molecule has 0 radical (unpaired) electrons. The van der Waals surface area contributed by atoms with E-state index in [0.717, 1.165) is 19.0 Å². The highest BCUT2D eigenvalue weighted by Gasteiger charge is 2.36. The van der Waals surface area contributed by atoms with Crippen molar-refractivity contribution >= 4 is 11.8 Å². The van der Waals surface area contributed by atoms with Gasteiger partial charge >= 0.3 is 6.18 Å². The normalized spacial score (nSPS) is 22.2. The van der Waals surface area contributed by atoms with Crippen LogP contribution in [-0.2, 0) is 6.18 Å². The Morgan fingerprint density at radius 2 is 2.05 bits per heavy atom. The van der Waals surface area contributed by atoms with Gasteiger partial charge in [-0.1, -0.05) is 6.92 Å². The van der Waals surface area contributed by atoms with Crippen LogP contribution in [0.25, 0.3) is 0 Å². The molecule has 19 heavy (non-hydrogen) atoms. The molecule has 1 N–H and O–H groups in total. The molecule has 1 fully saturated rings. The third-order valence-corrected chi connectivity index (χ3v) is 3.40. The van der Waals surface area contributed by atoms with Crippen LogP contribution >= 0.6 is 0 Å². The van der Waals surface area contributed by atoms with Gasteiger partial charge in [-0.05, 0) is 18.3 Å². The minimum absolute atomic E-state index is 0.0134. The SMILES string of the molecule is CNc1nc(N(C)CC2CC2C)cc(C(F)(F)F)n1. The van der Waals surface area contributed by atoms with Crippen LogP contribution in [0.2, 0.25) is 0 Å². The summed E-state index contributed by atoms with van der Waals surface area (Å²) in [4.78, 5) is 9.27. The molecule has 1 aliphatic rings. The van der Waals surface area contributed by atoms with Crippen LogP contribution in [0, 0.1) is 11.8 Å². The molecule has 4 nitrogen and oxygen atoms in total. The number of hydrogen-bond donors (Lipinski definition) is 1. The number of halogens is 3. The largest absolute Gasteiger partial charge is 0.433 e. The van der Waals surface area contributed by atoms with Gasteiger partial charge in [0.1, 0.15) is 5.82 Å². The van der Waals surface area contributed by atoms with E-state index in [4.69, 9.17) is 0 Å². The van der Waals surface area contributed by atoms with E-state index in [2.05, 4.69) is 22.2 Å². The summed E-state index contributed by atoms with van der Waals surface area (Å²) in [5.41, 5.74) is -0.919. The molecule has 106 valence electrons. The molecule has 0 amide bonds. The van der Waals surface area contributed by atoms with Crippen molar-refractivity contribution in [2.45, 2.75) is 19.5 Å². The summed E-state index contributed by atoms with van der Waals surface area (Å²) in [6.07, 6.45) is -3.34. The number of aromatic nitrogens is 2. The summed E-state index contributed by atoms with van der Waals surface area (Å²) in [6, 6.07) is 0.994. The Balaban J connectivity index is 2.23. The molecule has 1 saturated carbocycles. The standard InChI is InChI=1S/C12H17F3N4/c1-7-4-8(7)6-19(3)10-5-9(12(13,14)15)17-11(16-2)18-10/h5,7-8H,4,6H2,1-3H3,(H,16,17,18). The quantitative estimate of drug-likeness (QED) is 0.916. The van der Waals surface area contributed by atoms with E-state index in [1.165, 1.54) is 7.05 Å². The summed E-state index contributed by atoms with van der Waals surface area (Å²) in [7, 11) is 3.26. The van der Waals surface area contributed by atoms with E-state index in [-0.39, 0.29) is 5.95 Å². The molecule has 1 aromatic rings. The van der Waals surface area contributed by atoms with Gasteiger partial charge in [0.2, 0.25) is 5.95 Å². The monoisotopic (exact) mass is 274 g/mol. The molecule has 2 atom stereocenters. The van der Waals surface area contributed by atoms with E-state index in [9.17, 15) is 13.2 Å². The fourth-order valence-electron chi connectivity index (χ4n) is 1.99. The van der Waals surface area contributed by atoms with Gasteiger partial charge in [-0.15, -0.1) is 0 Å². The Labute approximate surface area is 110 Å². The molecule has 1 heterocycles. The second-order valence-electron chi connectivity index (χ2n) is 5.04. The Hall–Kier alpha value is -1.53. The van der Waals surface area contributed by atoms with E-state index in [1.807, 2.05) is 0 Å². The predicted molar refractivity (Wildman–Crippen MR) is 67.1 cm³/mol. The van der Waals surface area contributed by atoms with Gasteiger partial charge in [-0.3, -0.25) is 0 Å². The van der Waals surface area contributed by atoms with Crippen molar-refractivity contribution in [2.75, 3.05) is 30.9 Å². The van der Waals surface area contributed by atoms with Crippen molar-refractivity contribution in [3.8, 4) is 0 Å². The Morgan fingerprint density at radius 3 is 2.53 bits per heavy atom. The maximum absolute atomic E-state index is 12.7. The maximum Gasteiger partial charge on any atom is 0.433 e. The van der Waals surface area contributed by atoms with E-state index in [0.29, 0.717) is 17.7 Å². The van der Waals surface area contributed by atoms with Gasteiger partial charge in [0.25, 0.3) is 0 Å². The molecule has 1 aliphatic carbocycles. The summed E-state index contributed by atoms with van der Waals surface area (Å²) in [5.74, 6) is 1.48. The lowest BCUT2D eigenvalue weighted by Gasteiger charge is -2.20. The van der Waals surface area contributed by atoms with Crippen LogP contribution in [-0.4, -0.2) is 30.6 Å². The molecule has 1 aromatic heterocycles. The Morgan fingerprint density at radius 1 is 1.42 bits per heavy atom. The first kappa shape index (κ1) is 13.9. The van der Waals surface area contributed by atoms with Gasteiger partial charge in [-0.2, -0.15) is 18.2 Å². The van der Waals surface area contributed by atoms with Crippen molar-refractivity contribution in [2.24, 2.45) is 11.8 Å². The number of hydrogen-bond acceptors (Lipinski definition) is 4. The second-order valence-corrected chi connectivity index (χ2v) is 5.04. The van der Waals surface area contributed by atoms with Crippen LogP contribution in [0.5, 0.6) is 0 Å². The van der Waals surface area contributed by atoms with Crippen molar-refractivity contribution < 1.29 is 13.2 Å². The third-order valence-electron chi connectivity index (χ3n) is 3.40. The minimum Gasteiger partial charge on any atom is -0.359 e. The highest BCUT2D eigenvalue weighted by atomic mass is 19.4. The molecular formula is C12H17F3N4. The number of anilines is 2. The summed E-state index contributed by atoms with van der Waals surface area (Å²) in [5, 5.41) is 2.56. The number of alkyl halides is 3. The fraction of sp³-hybridized carbons (Fsp3) is 0.667. The van der Waals surface area contributed by atoms with Crippen LogP contribution < -0.4 is 10.2 Å². The van der Waals surface area contributed by atoms with Gasteiger partial charge in [0.05, 0.1) is 0 Å². The van der Waals surface area contributed by atoms with Crippen molar-refractivity contribution in [1.82, 2.24) is 9.97 Å². The average Bonchev–Trinajstić information content (AvgIpc) is 3.03. The van der Waals surface area contributed by atoms with E-state index < -0.39 is 11.9 Å². The van der Waals surface area contributed by atoms with Crippen molar-refractivity contribution in [3.05, 3.63) is 11.8 Å². The zero-order valence-corrected chi connectivity index (χ0v) is 11.1. The van der Waals surface area contributed by atoms with Crippen molar-refractivity contribution in [1.29, 1.82) is 0 Å². The minimum atomic E-state index is -4.46. The lowest BCUT2D eigenvalue weighted by atomic mass is 10.3. The Kier molecular flexibility index (Phi) is 3.56. The molecule has 2 rings (SSSR count). The third kappa shape index (κ3) is 3.27.